The van der Waals surface area contributed by atoms with Crippen LogP contribution in [0.25, 0.3) is 0 Å². The number of nitriles is 1. The van der Waals surface area contributed by atoms with Crippen LogP contribution in [0.4, 0.5) is 0 Å². The highest BCUT2D eigenvalue weighted by Crippen LogP contribution is 2.44. The molecule has 2 aliphatic rings. The van der Waals surface area contributed by atoms with Crippen LogP contribution >= 0.6 is 0 Å². The first kappa shape index (κ1) is 18.2. The highest BCUT2D eigenvalue weighted by Gasteiger charge is 2.30. The summed E-state index contributed by atoms with van der Waals surface area (Å²) in [7, 11) is 1.76. The van der Waals surface area contributed by atoms with Crippen molar-refractivity contribution < 1.29 is 4.74 Å². The molecule has 25 heavy (non-hydrogen) atoms. The molecule has 2 nitrogen and oxygen atoms in total. The third-order valence-electron chi connectivity index (χ3n) is 6.44. The van der Waals surface area contributed by atoms with E-state index in [1.807, 2.05) is 12.1 Å². The Bertz CT molecular complexity index is 582. The molecule has 0 N–H and O–H groups in total. The largest absolute Gasteiger partial charge is 0.381 e. The number of allylic oxidation sites excluding steroid dienone is 1. The van der Waals surface area contributed by atoms with E-state index in [4.69, 9.17) is 10.00 Å². The quantitative estimate of drug-likeness (QED) is 0.632. The van der Waals surface area contributed by atoms with Gasteiger partial charge in [-0.3, -0.25) is 0 Å². The van der Waals surface area contributed by atoms with Crippen LogP contribution in [0.2, 0.25) is 0 Å². The minimum absolute atomic E-state index is 0.706. The Morgan fingerprint density at radius 1 is 0.960 bits per heavy atom. The predicted molar refractivity (Wildman–Crippen MR) is 102 cm³/mol. The molecule has 1 aromatic carbocycles. The fourth-order valence-electron chi connectivity index (χ4n) is 4.91. The molecule has 0 heterocycles. The zero-order valence-corrected chi connectivity index (χ0v) is 15.5. The van der Waals surface area contributed by atoms with E-state index >= 15 is 0 Å². The molecule has 0 spiro atoms. The molecule has 0 radical (unpaired) electrons. The van der Waals surface area contributed by atoms with Crippen LogP contribution in [0.15, 0.2) is 36.4 Å². The zero-order chi connectivity index (χ0) is 17.5. The maximum absolute atomic E-state index is 8.94. The van der Waals surface area contributed by atoms with Gasteiger partial charge in [-0.15, -0.1) is 0 Å². The highest BCUT2D eigenvalue weighted by molar-refractivity contribution is 5.33. The lowest BCUT2D eigenvalue weighted by Crippen LogP contribution is -2.25. The lowest BCUT2D eigenvalue weighted by atomic mass is 9.68. The molecular weight excluding hydrogens is 306 g/mol. The van der Waals surface area contributed by atoms with Gasteiger partial charge in [-0.25, -0.2) is 0 Å². The summed E-state index contributed by atoms with van der Waals surface area (Å²) in [6, 6.07) is 10.5. The van der Waals surface area contributed by atoms with Crippen molar-refractivity contribution in [3.63, 3.8) is 0 Å². The van der Waals surface area contributed by atoms with Gasteiger partial charge in [0.15, 0.2) is 0 Å². The van der Waals surface area contributed by atoms with E-state index in [1.165, 1.54) is 56.9 Å². The van der Waals surface area contributed by atoms with Gasteiger partial charge < -0.3 is 4.74 Å². The van der Waals surface area contributed by atoms with Crippen molar-refractivity contribution >= 4 is 0 Å². The molecule has 0 aromatic heterocycles. The highest BCUT2D eigenvalue weighted by atomic mass is 16.5. The number of methoxy groups -OCH3 is 1. The molecule has 1 aromatic rings. The molecule has 2 heteroatoms. The van der Waals surface area contributed by atoms with Crippen LogP contribution < -0.4 is 0 Å². The fourth-order valence-corrected chi connectivity index (χ4v) is 4.91. The first-order chi connectivity index (χ1) is 12.3. The molecule has 134 valence electrons. The Morgan fingerprint density at radius 3 is 2.12 bits per heavy atom. The normalized spacial score (nSPS) is 30.2. The number of hydrogen-bond donors (Lipinski definition) is 0. The topological polar surface area (TPSA) is 33.0 Å². The minimum atomic E-state index is 0.706. The lowest BCUT2D eigenvalue weighted by molar-refractivity contribution is 0.171. The van der Waals surface area contributed by atoms with Crippen molar-refractivity contribution in [2.45, 2.75) is 57.3 Å². The van der Waals surface area contributed by atoms with Crippen LogP contribution in [0, 0.1) is 29.1 Å². The zero-order valence-electron chi connectivity index (χ0n) is 15.5. The van der Waals surface area contributed by atoms with E-state index in [9.17, 15) is 0 Å². The van der Waals surface area contributed by atoms with Gasteiger partial charge in [0.25, 0.3) is 0 Å². The first-order valence-corrected chi connectivity index (χ1v) is 9.95. The number of ether oxygens (including phenoxy) is 1. The van der Waals surface area contributed by atoms with Gasteiger partial charge in [0.05, 0.1) is 18.2 Å². The monoisotopic (exact) mass is 337 g/mol. The van der Waals surface area contributed by atoms with E-state index in [0.29, 0.717) is 5.92 Å². The van der Waals surface area contributed by atoms with E-state index in [1.54, 1.807) is 7.11 Å². The number of hydrogen-bond acceptors (Lipinski definition) is 2. The van der Waals surface area contributed by atoms with Crippen LogP contribution in [0.5, 0.6) is 0 Å². The number of rotatable bonds is 5. The SMILES string of the molecule is COCC=C[C@H]1CC[C@H]([C@H]2CC[C@H](c3ccc(C#N)cc3)CC2)CC1. The van der Waals surface area contributed by atoms with Crippen LogP contribution in [-0.4, -0.2) is 13.7 Å². The maximum atomic E-state index is 8.94. The summed E-state index contributed by atoms with van der Waals surface area (Å²) in [4.78, 5) is 0. The Kier molecular flexibility index (Phi) is 6.70. The first-order valence-electron chi connectivity index (χ1n) is 9.95. The Balaban J connectivity index is 1.44. The van der Waals surface area contributed by atoms with Gasteiger partial charge in [0.1, 0.15) is 0 Å². The molecule has 0 aliphatic heterocycles. The summed E-state index contributed by atoms with van der Waals surface area (Å²) < 4.78 is 5.11. The second kappa shape index (κ2) is 9.20. The summed E-state index contributed by atoms with van der Waals surface area (Å²) in [6.45, 7) is 0.749. The molecule has 0 saturated heterocycles. The van der Waals surface area contributed by atoms with E-state index in [0.717, 1.165) is 29.9 Å². The second-order valence-electron chi connectivity index (χ2n) is 7.90. The summed E-state index contributed by atoms with van der Waals surface area (Å²) in [5.74, 6) is 3.38. The van der Waals surface area contributed by atoms with Crippen molar-refractivity contribution in [3.05, 3.63) is 47.5 Å². The standard InChI is InChI=1S/C23H31NO/c1-25-16-2-3-18-4-8-20(9-5-18)22-12-14-23(15-13-22)21-10-6-19(17-24)7-11-21/h2-3,6-7,10-11,18,20,22-23H,4-5,8-9,12-16H2,1H3/t18-,20-,22-,23-. The Labute approximate surface area is 152 Å². The fraction of sp³-hybridized carbons (Fsp3) is 0.609. The van der Waals surface area contributed by atoms with Gasteiger partial charge >= 0.3 is 0 Å². The molecule has 0 amide bonds. The average molecular weight is 338 g/mol. The van der Waals surface area contributed by atoms with Gasteiger partial charge in [-0.2, -0.15) is 5.26 Å². The number of nitrogens with zero attached hydrogens (tertiary/aromatic N) is 1. The van der Waals surface area contributed by atoms with Gasteiger partial charge in [-0.05, 0) is 92.7 Å². The molecular formula is C23H31NO. The predicted octanol–water partition coefficient (Wildman–Crippen LogP) is 5.84. The third kappa shape index (κ3) is 4.95. The molecule has 2 aliphatic carbocycles. The lowest BCUT2D eigenvalue weighted by Gasteiger charge is -2.37. The second-order valence-corrected chi connectivity index (χ2v) is 7.90. The van der Waals surface area contributed by atoms with E-state index in [-0.39, 0.29) is 0 Å². The van der Waals surface area contributed by atoms with Crippen molar-refractivity contribution in [1.82, 2.24) is 0 Å². The minimum Gasteiger partial charge on any atom is -0.381 e. The molecule has 0 atom stereocenters. The van der Waals surface area contributed by atoms with Gasteiger partial charge in [0, 0.05) is 7.11 Å². The average Bonchev–Trinajstić information content (AvgIpc) is 2.69. The summed E-state index contributed by atoms with van der Waals surface area (Å²) >= 11 is 0. The van der Waals surface area contributed by atoms with Gasteiger partial charge in [0.2, 0.25) is 0 Å². The molecule has 2 fully saturated rings. The van der Waals surface area contributed by atoms with Gasteiger partial charge in [-0.1, -0.05) is 24.3 Å². The third-order valence-corrected chi connectivity index (χ3v) is 6.44. The molecule has 3 rings (SSSR count). The van der Waals surface area contributed by atoms with Crippen molar-refractivity contribution in [1.29, 1.82) is 5.26 Å². The van der Waals surface area contributed by atoms with Crippen LogP contribution in [0.1, 0.15) is 68.4 Å². The summed E-state index contributed by atoms with van der Waals surface area (Å²) in [5, 5.41) is 8.94. The maximum Gasteiger partial charge on any atom is 0.0991 e. The van der Waals surface area contributed by atoms with Crippen molar-refractivity contribution in [2.75, 3.05) is 13.7 Å². The Hall–Kier alpha value is -1.59. The van der Waals surface area contributed by atoms with Crippen LogP contribution in [0.3, 0.4) is 0 Å². The summed E-state index contributed by atoms with van der Waals surface area (Å²) in [6.07, 6.45) is 15.5. The van der Waals surface area contributed by atoms with E-state index in [2.05, 4.69) is 30.4 Å². The summed E-state index contributed by atoms with van der Waals surface area (Å²) in [5.41, 5.74) is 2.21. The van der Waals surface area contributed by atoms with Crippen molar-refractivity contribution in [3.8, 4) is 6.07 Å². The Morgan fingerprint density at radius 2 is 1.56 bits per heavy atom. The van der Waals surface area contributed by atoms with Crippen molar-refractivity contribution in [2.24, 2.45) is 17.8 Å². The molecule has 2 saturated carbocycles. The smallest absolute Gasteiger partial charge is 0.0991 e. The van der Waals surface area contributed by atoms with E-state index < -0.39 is 0 Å². The van der Waals surface area contributed by atoms with Crippen LogP contribution in [-0.2, 0) is 4.74 Å². The molecule has 0 bridgehead atoms. The number of benzene rings is 1. The molecule has 0 unspecified atom stereocenters.